The van der Waals surface area contributed by atoms with Crippen LogP contribution in [0, 0.1) is 5.82 Å². The van der Waals surface area contributed by atoms with Gasteiger partial charge in [-0.3, -0.25) is 0 Å². The lowest BCUT2D eigenvalue weighted by molar-refractivity contribution is -0.138. The summed E-state index contributed by atoms with van der Waals surface area (Å²) >= 11 is 0. The smallest absolute Gasteiger partial charge is 0.354 e. The van der Waals surface area contributed by atoms with E-state index in [1.165, 1.54) is 32.4 Å². The molecule has 0 aliphatic heterocycles. The SMILES string of the molecule is CCC(CC)Oc1ccc(F)cc1N/C(=C/C(=O)OC)C(=O)OC. The van der Waals surface area contributed by atoms with Gasteiger partial charge in [-0.15, -0.1) is 0 Å². The third kappa shape index (κ3) is 5.57. The number of esters is 2. The summed E-state index contributed by atoms with van der Waals surface area (Å²) in [5, 5.41) is 2.68. The molecule has 6 nitrogen and oxygen atoms in total. The number of hydrogen-bond donors (Lipinski definition) is 1. The number of ether oxygens (including phenoxy) is 3. The van der Waals surface area contributed by atoms with Gasteiger partial charge in [-0.1, -0.05) is 13.8 Å². The monoisotopic (exact) mass is 339 g/mol. The zero-order chi connectivity index (χ0) is 18.1. The Hall–Kier alpha value is -2.57. The summed E-state index contributed by atoms with van der Waals surface area (Å²) in [6, 6.07) is 3.89. The Labute approximate surface area is 140 Å². The molecule has 0 bridgehead atoms. The van der Waals surface area contributed by atoms with E-state index in [0.717, 1.165) is 18.9 Å². The Bertz CT molecular complexity index is 611. The van der Waals surface area contributed by atoms with Gasteiger partial charge in [-0.2, -0.15) is 0 Å². The van der Waals surface area contributed by atoms with Crippen molar-refractivity contribution in [2.75, 3.05) is 19.5 Å². The molecule has 0 unspecified atom stereocenters. The van der Waals surface area contributed by atoms with E-state index in [0.29, 0.717) is 5.75 Å². The van der Waals surface area contributed by atoms with Gasteiger partial charge >= 0.3 is 11.9 Å². The van der Waals surface area contributed by atoms with Crippen LogP contribution in [-0.4, -0.2) is 32.3 Å². The van der Waals surface area contributed by atoms with E-state index in [-0.39, 0.29) is 17.5 Å². The minimum absolute atomic E-state index is 0.0535. The molecule has 0 radical (unpaired) electrons. The number of hydrogen-bond acceptors (Lipinski definition) is 6. The summed E-state index contributed by atoms with van der Waals surface area (Å²) in [5.74, 6) is -1.69. The van der Waals surface area contributed by atoms with Crippen LogP contribution in [0.15, 0.2) is 30.0 Å². The van der Waals surface area contributed by atoms with Crippen LogP contribution in [0.2, 0.25) is 0 Å². The highest BCUT2D eigenvalue weighted by Crippen LogP contribution is 2.29. The van der Waals surface area contributed by atoms with Gasteiger partial charge in [-0.05, 0) is 25.0 Å². The van der Waals surface area contributed by atoms with E-state index in [4.69, 9.17) is 4.74 Å². The van der Waals surface area contributed by atoms with Crippen molar-refractivity contribution in [2.24, 2.45) is 0 Å². The van der Waals surface area contributed by atoms with Gasteiger partial charge in [-0.25, -0.2) is 14.0 Å². The molecule has 24 heavy (non-hydrogen) atoms. The maximum absolute atomic E-state index is 13.6. The first kappa shape index (κ1) is 19.5. The highest BCUT2D eigenvalue weighted by Gasteiger charge is 2.17. The molecule has 0 amide bonds. The molecule has 0 heterocycles. The van der Waals surface area contributed by atoms with Gasteiger partial charge in [0.1, 0.15) is 17.3 Å². The first-order chi connectivity index (χ1) is 11.4. The van der Waals surface area contributed by atoms with Gasteiger partial charge in [0.25, 0.3) is 0 Å². The van der Waals surface area contributed by atoms with E-state index in [1.54, 1.807) is 0 Å². The molecule has 1 N–H and O–H groups in total. The first-order valence-corrected chi connectivity index (χ1v) is 7.56. The van der Waals surface area contributed by atoms with Crippen molar-refractivity contribution in [3.05, 3.63) is 35.8 Å². The fourth-order valence-corrected chi connectivity index (χ4v) is 1.92. The van der Waals surface area contributed by atoms with Crippen LogP contribution in [0.4, 0.5) is 10.1 Å². The van der Waals surface area contributed by atoms with Crippen molar-refractivity contribution >= 4 is 17.6 Å². The molecule has 0 saturated carbocycles. The molecule has 1 rings (SSSR count). The molecule has 0 aliphatic rings. The molecule has 1 aromatic carbocycles. The molecule has 0 aliphatic carbocycles. The second-order valence-electron chi connectivity index (χ2n) is 4.89. The highest BCUT2D eigenvalue weighted by atomic mass is 19.1. The number of nitrogens with one attached hydrogen (secondary N) is 1. The standard InChI is InChI=1S/C17H22FNO5/c1-5-12(6-2)24-15-8-7-11(18)9-13(15)19-14(17(21)23-4)10-16(20)22-3/h7-10,12,19H,5-6H2,1-4H3/b14-10+. The van der Waals surface area contributed by atoms with Gasteiger partial charge < -0.3 is 19.5 Å². The largest absolute Gasteiger partial charge is 0.488 e. The summed E-state index contributed by atoms with van der Waals surface area (Å²) in [7, 11) is 2.35. The van der Waals surface area contributed by atoms with E-state index < -0.39 is 17.8 Å². The molecule has 0 aromatic heterocycles. The van der Waals surface area contributed by atoms with Crippen molar-refractivity contribution < 1.29 is 28.2 Å². The van der Waals surface area contributed by atoms with Crippen LogP contribution in [-0.2, 0) is 19.1 Å². The number of benzene rings is 1. The van der Waals surface area contributed by atoms with Gasteiger partial charge in [0.2, 0.25) is 0 Å². The quantitative estimate of drug-likeness (QED) is 0.580. The van der Waals surface area contributed by atoms with E-state index in [9.17, 15) is 14.0 Å². The van der Waals surface area contributed by atoms with Crippen LogP contribution in [0.5, 0.6) is 5.75 Å². The molecule has 0 spiro atoms. The summed E-state index contributed by atoms with van der Waals surface area (Å²) in [4.78, 5) is 23.2. The lowest BCUT2D eigenvalue weighted by atomic mass is 10.2. The predicted octanol–water partition coefficient (Wildman–Crippen LogP) is 3.03. The van der Waals surface area contributed by atoms with Crippen molar-refractivity contribution in [2.45, 2.75) is 32.8 Å². The molecule has 0 fully saturated rings. The average molecular weight is 339 g/mol. The molecule has 7 heteroatoms. The number of anilines is 1. The van der Waals surface area contributed by atoms with Crippen molar-refractivity contribution in [1.29, 1.82) is 0 Å². The fourth-order valence-electron chi connectivity index (χ4n) is 1.92. The third-order valence-electron chi connectivity index (χ3n) is 3.28. The maximum Gasteiger partial charge on any atom is 0.354 e. The minimum atomic E-state index is -0.793. The number of rotatable bonds is 8. The molecule has 132 valence electrons. The second-order valence-corrected chi connectivity index (χ2v) is 4.89. The minimum Gasteiger partial charge on any atom is -0.488 e. The van der Waals surface area contributed by atoms with Gasteiger partial charge in [0.05, 0.1) is 32.1 Å². The lowest BCUT2D eigenvalue weighted by Crippen LogP contribution is -2.18. The van der Waals surface area contributed by atoms with Crippen LogP contribution >= 0.6 is 0 Å². The second kappa shape index (κ2) is 9.54. The molecule has 0 saturated heterocycles. The molecular weight excluding hydrogens is 317 g/mol. The van der Waals surface area contributed by atoms with E-state index in [1.807, 2.05) is 13.8 Å². The summed E-state index contributed by atoms with van der Waals surface area (Å²) in [6.07, 6.45) is 2.42. The van der Waals surface area contributed by atoms with Crippen molar-refractivity contribution in [1.82, 2.24) is 0 Å². The summed E-state index contributed by atoms with van der Waals surface area (Å²) in [5.41, 5.74) is 0.0202. The Morgan fingerprint density at radius 2 is 1.88 bits per heavy atom. The molecule has 0 atom stereocenters. The number of methoxy groups -OCH3 is 2. The number of carbonyl (C=O) groups excluding carboxylic acids is 2. The number of carbonyl (C=O) groups is 2. The van der Waals surface area contributed by atoms with Crippen LogP contribution in [0.3, 0.4) is 0 Å². The Morgan fingerprint density at radius 1 is 1.21 bits per heavy atom. The predicted molar refractivity (Wildman–Crippen MR) is 87.1 cm³/mol. The van der Waals surface area contributed by atoms with Gasteiger partial charge in [0, 0.05) is 6.07 Å². The Balaban J connectivity index is 3.17. The van der Waals surface area contributed by atoms with Crippen LogP contribution in [0.1, 0.15) is 26.7 Å². The normalized spacial score (nSPS) is 11.2. The maximum atomic E-state index is 13.6. The number of halogens is 1. The van der Waals surface area contributed by atoms with Gasteiger partial charge in [0.15, 0.2) is 0 Å². The zero-order valence-electron chi connectivity index (χ0n) is 14.2. The fraction of sp³-hybridized carbons (Fsp3) is 0.412. The van der Waals surface area contributed by atoms with Crippen molar-refractivity contribution in [3.63, 3.8) is 0 Å². The van der Waals surface area contributed by atoms with E-state index >= 15 is 0 Å². The van der Waals surface area contributed by atoms with Crippen molar-refractivity contribution in [3.8, 4) is 5.75 Å². The lowest BCUT2D eigenvalue weighted by Gasteiger charge is -2.19. The summed E-state index contributed by atoms with van der Waals surface area (Å²) < 4.78 is 28.5. The average Bonchev–Trinajstić information content (AvgIpc) is 2.59. The Kier molecular flexibility index (Phi) is 7.74. The third-order valence-corrected chi connectivity index (χ3v) is 3.28. The summed E-state index contributed by atoms with van der Waals surface area (Å²) in [6.45, 7) is 3.95. The van der Waals surface area contributed by atoms with Crippen LogP contribution in [0.25, 0.3) is 0 Å². The first-order valence-electron chi connectivity index (χ1n) is 7.56. The zero-order valence-corrected chi connectivity index (χ0v) is 14.2. The molecular formula is C17H22FNO5. The topological polar surface area (TPSA) is 73.9 Å². The molecule has 1 aromatic rings. The highest BCUT2D eigenvalue weighted by molar-refractivity contribution is 5.99. The Morgan fingerprint density at radius 3 is 2.42 bits per heavy atom. The van der Waals surface area contributed by atoms with E-state index in [2.05, 4.69) is 14.8 Å². The van der Waals surface area contributed by atoms with Crippen LogP contribution < -0.4 is 10.1 Å².